The predicted octanol–water partition coefficient (Wildman–Crippen LogP) is 3.05. The lowest BCUT2D eigenvalue weighted by Gasteiger charge is -2.14. The van der Waals surface area contributed by atoms with E-state index >= 15 is 0 Å². The summed E-state index contributed by atoms with van der Waals surface area (Å²) in [6.45, 7) is 9.00. The summed E-state index contributed by atoms with van der Waals surface area (Å²) in [6, 6.07) is 0. The zero-order valence-corrected chi connectivity index (χ0v) is 9.95. The van der Waals surface area contributed by atoms with E-state index in [1.165, 1.54) is 12.8 Å². The van der Waals surface area contributed by atoms with Crippen molar-refractivity contribution in [2.45, 2.75) is 53.1 Å². The standard InChI is InChI=1S/C12H24O2/c1-10(2)6-5-7-12(4)14-9-11(3)8-13/h8,10-12H,5-7,9H2,1-4H3/t11?,12-/m0/s1. The van der Waals surface area contributed by atoms with E-state index in [-0.39, 0.29) is 12.0 Å². The molecule has 0 radical (unpaired) electrons. The third kappa shape index (κ3) is 8.24. The Bertz CT molecular complexity index is 143. The van der Waals surface area contributed by atoms with E-state index in [0.29, 0.717) is 6.61 Å². The summed E-state index contributed by atoms with van der Waals surface area (Å²) in [5.74, 6) is 0.804. The zero-order chi connectivity index (χ0) is 11.0. The minimum absolute atomic E-state index is 0.0301. The van der Waals surface area contributed by atoms with Gasteiger partial charge in [0.2, 0.25) is 0 Å². The van der Waals surface area contributed by atoms with Crippen molar-refractivity contribution < 1.29 is 9.53 Å². The first kappa shape index (κ1) is 13.6. The number of aldehydes is 1. The number of hydrogen-bond donors (Lipinski definition) is 0. The van der Waals surface area contributed by atoms with Gasteiger partial charge in [0.25, 0.3) is 0 Å². The van der Waals surface area contributed by atoms with Crippen LogP contribution in [0.25, 0.3) is 0 Å². The molecule has 0 aliphatic heterocycles. The van der Waals surface area contributed by atoms with Crippen LogP contribution in [0, 0.1) is 11.8 Å². The second-order valence-electron chi connectivity index (χ2n) is 4.58. The molecule has 84 valence electrons. The lowest BCUT2D eigenvalue weighted by molar-refractivity contribution is -0.113. The van der Waals surface area contributed by atoms with E-state index in [1.54, 1.807) is 0 Å². The molecule has 14 heavy (non-hydrogen) atoms. The molecule has 2 atom stereocenters. The quantitative estimate of drug-likeness (QED) is 0.563. The van der Waals surface area contributed by atoms with E-state index in [9.17, 15) is 4.79 Å². The Kier molecular flexibility index (Phi) is 7.77. The fourth-order valence-corrected chi connectivity index (χ4v) is 1.25. The highest BCUT2D eigenvalue weighted by Gasteiger charge is 2.05. The van der Waals surface area contributed by atoms with Crippen molar-refractivity contribution in [2.24, 2.45) is 11.8 Å². The average Bonchev–Trinajstić information content (AvgIpc) is 2.13. The highest BCUT2D eigenvalue weighted by atomic mass is 16.5. The average molecular weight is 200 g/mol. The number of carbonyl (C=O) groups is 1. The van der Waals surface area contributed by atoms with Crippen molar-refractivity contribution in [1.29, 1.82) is 0 Å². The molecule has 0 aromatic heterocycles. The van der Waals surface area contributed by atoms with Crippen LogP contribution >= 0.6 is 0 Å². The topological polar surface area (TPSA) is 26.3 Å². The van der Waals surface area contributed by atoms with E-state index in [4.69, 9.17) is 4.74 Å². The van der Waals surface area contributed by atoms with Crippen molar-refractivity contribution >= 4 is 6.29 Å². The molecule has 0 aromatic carbocycles. The Balaban J connectivity index is 3.36. The van der Waals surface area contributed by atoms with Gasteiger partial charge in [0.1, 0.15) is 6.29 Å². The number of carbonyl (C=O) groups excluding carboxylic acids is 1. The number of rotatable bonds is 8. The van der Waals surface area contributed by atoms with Gasteiger partial charge >= 0.3 is 0 Å². The third-order valence-electron chi connectivity index (χ3n) is 2.27. The van der Waals surface area contributed by atoms with Gasteiger partial charge in [-0.1, -0.05) is 33.6 Å². The van der Waals surface area contributed by atoms with Crippen LogP contribution in [0.5, 0.6) is 0 Å². The van der Waals surface area contributed by atoms with Gasteiger partial charge in [0, 0.05) is 5.92 Å². The van der Waals surface area contributed by atoms with Crippen LogP contribution in [0.1, 0.15) is 47.0 Å². The Morgan fingerprint density at radius 1 is 1.14 bits per heavy atom. The van der Waals surface area contributed by atoms with E-state index in [0.717, 1.165) is 18.6 Å². The molecule has 0 rings (SSSR count). The smallest absolute Gasteiger partial charge is 0.125 e. The van der Waals surface area contributed by atoms with Crippen molar-refractivity contribution in [1.82, 2.24) is 0 Å². The van der Waals surface area contributed by atoms with Crippen LogP contribution in [0.2, 0.25) is 0 Å². The Labute approximate surface area is 88.0 Å². The molecule has 0 bridgehead atoms. The number of hydrogen-bond acceptors (Lipinski definition) is 2. The zero-order valence-electron chi connectivity index (χ0n) is 9.95. The molecule has 0 heterocycles. The van der Waals surface area contributed by atoms with Gasteiger partial charge in [-0.25, -0.2) is 0 Å². The van der Waals surface area contributed by atoms with Gasteiger partial charge in [-0.2, -0.15) is 0 Å². The van der Waals surface area contributed by atoms with Crippen LogP contribution < -0.4 is 0 Å². The normalized spacial score (nSPS) is 15.5. The van der Waals surface area contributed by atoms with Gasteiger partial charge in [-0.15, -0.1) is 0 Å². The Morgan fingerprint density at radius 3 is 2.29 bits per heavy atom. The molecule has 0 aromatic rings. The summed E-state index contributed by atoms with van der Waals surface area (Å²) in [7, 11) is 0. The molecule has 2 heteroatoms. The maximum absolute atomic E-state index is 10.3. The minimum atomic E-state index is 0.0301. The second kappa shape index (κ2) is 7.98. The van der Waals surface area contributed by atoms with Gasteiger partial charge < -0.3 is 9.53 Å². The van der Waals surface area contributed by atoms with E-state index in [1.807, 2.05) is 6.92 Å². The lowest BCUT2D eigenvalue weighted by Crippen LogP contribution is -2.14. The fourth-order valence-electron chi connectivity index (χ4n) is 1.25. The molecule has 0 saturated heterocycles. The van der Waals surface area contributed by atoms with Crippen molar-refractivity contribution in [3.63, 3.8) is 0 Å². The third-order valence-corrected chi connectivity index (χ3v) is 2.27. The van der Waals surface area contributed by atoms with Crippen LogP contribution in [0.15, 0.2) is 0 Å². The first-order valence-electron chi connectivity index (χ1n) is 5.63. The molecule has 0 saturated carbocycles. The predicted molar refractivity (Wildman–Crippen MR) is 59.3 cm³/mol. The van der Waals surface area contributed by atoms with Crippen molar-refractivity contribution in [3.05, 3.63) is 0 Å². The molecule has 1 unspecified atom stereocenters. The van der Waals surface area contributed by atoms with Gasteiger partial charge in [-0.3, -0.25) is 0 Å². The SMILES string of the molecule is CC(C)CCC[C@H](C)OCC(C)C=O. The summed E-state index contributed by atoms with van der Waals surface area (Å²) in [6.07, 6.45) is 4.81. The van der Waals surface area contributed by atoms with Crippen LogP contribution in [0.3, 0.4) is 0 Å². The summed E-state index contributed by atoms with van der Waals surface area (Å²) in [5, 5.41) is 0. The van der Waals surface area contributed by atoms with Crippen molar-refractivity contribution in [2.75, 3.05) is 6.61 Å². The molecule has 0 aliphatic rings. The van der Waals surface area contributed by atoms with Crippen molar-refractivity contribution in [3.8, 4) is 0 Å². The van der Waals surface area contributed by atoms with Crippen LogP contribution in [-0.4, -0.2) is 19.0 Å². The molecule has 2 nitrogen and oxygen atoms in total. The van der Waals surface area contributed by atoms with Gasteiger partial charge in [0.15, 0.2) is 0 Å². The summed E-state index contributed by atoms with van der Waals surface area (Å²) in [5.41, 5.74) is 0. The second-order valence-corrected chi connectivity index (χ2v) is 4.58. The fraction of sp³-hybridized carbons (Fsp3) is 0.917. The number of ether oxygens (including phenoxy) is 1. The summed E-state index contributed by atoms with van der Waals surface area (Å²) in [4.78, 5) is 10.3. The van der Waals surface area contributed by atoms with Gasteiger partial charge in [0.05, 0.1) is 12.7 Å². The molecule has 0 spiro atoms. The summed E-state index contributed by atoms with van der Waals surface area (Å²) >= 11 is 0. The molecule has 0 amide bonds. The van der Waals surface area contributed by atoms with E-state index < -0.39 is 0 Å². The Morgan fingerprint density at radius 2 is 1.79 bits per heavy atom. The summed E-state index contributed by atoms with van der Waals surface area (Å²) < 4.78 is 5.55. The highest BCUT2D eigenvalue weighted by Crippen LogP contribution is 2.10. The van der Waals surface area contributed by atoms with Crippen LogP contribution in [0.4, 0.5) is 0 Å². The molecular formula is C12H24O2. The van der Waals surface area contributed by atoms with Gasteiger partial charge in [-0.05, 0) is 19.3 Å². The maximum atomic E-state index is 10.3. The lowest BCUT2D eigenvalue weighted by atomic mass is 10.0. The minimum Gasteiger partial charge on any atom is -0.378 e. The maximum Gasteiger partial charge on any atom is 0.125 e. The Hall–Kier alpha value is -0.370. The molecular weight excluding hydrogens is 176 g/mol. The van der Waals surface area contributed by atoms with E-state index in [2.05, 4.69) is 20.8 Å². The van der Waals surface area contributed by atoms with Crippen LogP contribution in [-0.2, 0) is 9.53 Å². The molecule has 0 aliphatic carbocycles. The largest absolute Gasteiger partial charge is 0.378 e. The monoisotopic (exact) mass is 200 g/mol. The highest BCUT2D eigenvalue weighted by molar-refractivity contribution is 5.52. The molecule has 0 fully saturated rings. The first-order chi connectivity index (χ1) is 6.56. The first-order valence-corrected chi connectivity index (χ1v) is 5.63. The molecule has 0 N–H and O–H groups in total.